The minimum atomic E-state index is 0.119. The highest BCUT2D eigenvalue weighted by atomic mass is 16.2. The number of nitrogens with two attached hydrogens (primary N) is 1. The van der Waals surface area contributed by atoms with Gasteiger partial charge in [-0.3, -0.25) is 4.79 Å². The third-order valence-electron chi connectivity index (χ3n) is 3.62. The van der Waals surface area contributed by atoms with Crippen molar-refractivity contribution in [3.05, 3.63) is 35.4 Å². The van der Waals surface area contributed by atoms with Crippen LogP contribution in [0, 0.1) is 0 Å². The van der Waals surface area contributed by atoms with Crippen LogP contribution in [-0.2, 0) is 5.41 Å². The van der Waals surface area contributed by atoms with Gasteiger partial charge in [0, 0.05) is 24.7 Å². The number of carbonyl (C=O) groups is 1. The maximum atomic E-state index is 12.4. The van der Waals surface area contributed by atoms with E-state index in [-0.39, 0.29) is 11.3 Å². The number of benzene rings is 1. The van der Waals surface area contributed by atoms with E-state index in [1.807, 2.05) is 17.0 Å². The van der Waals surface area contributed by atoms with Gasteiger partial charge in [-0.2, -0.15) is 0 Å². The second-order valence-corrected chi connectivity index (χ2v) is 6.35. The van der Waals surface area contributed by atoms with Crippen molar-refractivity contribution in [2.45, 2.75) is 45.1 Å². The predicted octanol–water partition coefficient (Wildman–Crippen LogP) is 2.55. The summed E-state index contributed by atoms with van der Waals surface area (Å²) in [4.78, 5) is 14.4. The summed E-state index contributed by atoms with van der Waals surface area (Å²) in [5, 5.41) is 0. The summed E-state index contributed by atoms with van der Waals surface area (Å²) in [6, 6.07) is 8.41. The number of hydrogen-bond donors (Lipinski definition) is 1. The van der Waals surface area contributed by atoms with Gasteiger partial charge in [0.2, 0.25) is 0 Å². The largest absolute Gasteiger partial charge is 0.334 e. The highest BCUT2D eigenvalue weighted by Gasteiger charge is 2.32. The van der Waals surface area contributed by atoms with E-state index in [1.165, 1.54) is 5.56 Å². The smallest absolute Gasteiger partial charge is 0.254 e. The lowest BCUT2D eigenvalue weighted by molar-refractivity contribution is 0.0748. The Labute approximate surface area is 115 Å². The fourth-order valence-electron chi connectivity index (χ4n) is 2.25. The number of nitrogens with zero attached hydrogens (tertiary/aromatic N) is 1. The van der Waals surface area contributed by atoms with Gasteiger partial charge in [-0.25, -0.2) is 0 Å². The Bertz CT molecular complexity index is 441. The van der Waals surface area contributed by atoms with Gasteiger partial charge in [-0.15, -0.1) is 0 Å². The van der Waals surface area contributed by atoms with Crippen LogP contribution in [0.3, 0.4) is 0 Å². The summed E-state index contributed by atoms with van der Waals surface area (Å²) < 4.78 is 0. The van der Waals surface area contributed by atoms with Crippen molar-refractivity contribution in [2.75, 3.05) is 13.1 Å². The molecule has 2 N–H and O–H groups in total. The van der Waals surface area contributed by atoms with Crippen molar-refractivity contribution in [1.82, 2.24) is 4.90 Å². The maximum Gasteiger partial charge on any atom is 0.254 e. The molecule has 1 amide bonds. The molecule has 2 rings (SSSR count). The van der Waals surface area contributed by atoms with Crippen LogP contribution in [0.1, 0.15) is 49.5 Å². The first-order valence-corrected chi connectivity index (χ1v) is 7.05. The van der Waals surface area contributed by atoms with Crippen molar-refractivity contribution in [2.24, 2.45) is 5.73 Å². The molecule has 1 aromatic rings. The Kier molecular flexibility index (Phi) is 3.95. The van der Waals surface area contributed by atoms with Crippen molar-refractivity contribution >= 4 is 5.91 Å². The van der Waals surface area contributed by atoms with E-state index in [1.54, 1.807) is 0 Å². The van der Waals surface area contributed by atoms with Crippen molar-refractivity contribution in [1.29, 1.82) is 0 Å². The number of rotatable bonds is 4. The van der Waals surface area contributed by atoms with Gasteiger partial charge in [0.05, 0.1) is 0 Å². The monoisotopic (exact) mass is 260 g/mol. The van der Waals surface area contributed by atoms with E-state index in [0.29, 0.717) is 19.1 Å². The van der Waals surface area contributed by atoms with Gasteiger partial charge in [0.1, 0.15) is 0 Å². The topological polar surface area (TPSA) is 46.3 Å². The molecule has 1 aromatic carbocycles. The molecule has 0 atom stereocenters. The molecular formula is C16H24N2O. The van der Waals surface area contributed by atoms with Crippen LogP contribution < -0.4 is 5.73 Å². The van der Waals surface area contributed by atoms with Crippen LogP contribution in [0.4, 0.5) is 0 Å². The fraction of sp³-hybridized carbons (Fsp3) is 0.562. The first-order valence-electron chi connectivity index (χ1n) is 7.05. The quantitative estimate of drug-likeness (QED) is 0.904. The highest BCUT2D eigenvalue weighted by Crippen LogP contribution is 2.28. The van der Waals surface area contributed by atoms with E-state index < -0.39 is 0 Å². The summed E-state index contributed by atoms with van der Waals surface area (Å²) in [6.45, 7) is 7.71. The molecule has 0 saturated heterocycles. The fourth-order valence-corrected chi connectivity index (χ4v) is 2.25. The molecule has 0 radical (unpaired) electrons. The van der Waals surface area contributed by atoms with Crippen molar-refractivity contribution in [3.63, 3.8) is 0 Å². The Hall–Kier alpha value is -1.35. The summed E-state index contributed by atoms with van der Waals surface area (Å²) in [5.74, 6) is 0.119. The SMILES string of the molecule is CC(C)(C)c1ccc(C(=O)N(CCN)C2CC2)cc1. The molecule has 1 saturated carbocycles. The molecule has 0 bridgehead atoms. The number of amides is 1. The lowest BCUT2D eigenvalue weighted by Gasteiger charge is -2.23. The Balaban J connectivity index is 2.14. The molecule has 0 unspecified atom stereocenters. The summed E-state index contributed by atoms with van der Waals surface area (Å²) in [6.07, 6.45) is 2.23. The highest BCUT2D eigenvalue weighted by molar-refractivity contribution is 5.94. The average Bonchev–Trinajstić information content (AvgIpc) is 3.18. The van der Waals surface area contributed by atoms with Crippen LogP contribution in [0.15, 0.2) is 24.3 Å². The zero-order valence-electron chi connectivity index (χ0n) is 12.1. The molecule has 0 aliphatic heterocycles. The lowest BCUT2D eigenvalue weighted by Crippen LogP contribution is -2.37. The lowest BCUT2D eigenvalue weighted by atomic mass is 9.86. The van der Waals surface area contributed by atoms with Gasteiger partial charge in [0.25, 0.3) is 5.91 Å². The van der Waals surface area contributed by atoms with Crippen LogP contribution in [0.5, 0.6) is 0 Å². The van der Waals surface area contributed by atoms with Crippen molar-refractivity contribution < 1.29 is 4.79 Å². The molecule has 1 fully saturated rings. The minimum absolute atomic E-state index is 0.119. The standard InChI is InChI=1S/C16H24N2O/c1-16(2,3)13-6-4-12(5-7-13)15(19)18(11-10-17)14-8-9-14/h4-7,14H,8-11,17H2,1-3H3. The van der Waals surface area contributed by atoms with E-state index in [4.69, 9.17) is 5.73 Å². The van der Waals surface area contributed by atoms with E-state index in [0.717, 1.165) is 18.4 Å². The van der Waals surface area contributed by atoms with Gasteiger partial charge < -0.3 is 10.6 Å². The van der Waals surface area contributed by atoms with Crippen LogP contribution in [-0.4, -0.2) is 29.9 Å². The molecule has 1 aliphatic carbocycles. The van der Waals surface area contributed by atoms with Crippen molar-refractivity contribution in [3.8, 4) is 0 Å². The van der Waals surface area contributed by atoms with E-state index in [2.05, 4.69) is 32.9 Å². The Morgan fingerprint density at radius 2 is 1.84 bits per heavy atom. The van der Waals surface area contributed by atoms with E-state index >= 15 is 0 Å². The summed E-state index contributed by atoms with van der Waals surface area (Å²) >= 11 is 0. The minimum Gasteiger partial charge on any atom is -0.334 e. The summed E-state index contributed by atoms with van der Waals surface area (Å²) in [7, 11) is 0. The molecule has 3 nitrogen and oxygen atoms in total. The third-order valence-corrected chi connectivity index (χ3v) is 3.62. The van der Waals surface area contributed by atoms with Gasteiger partial charge in [-0.1, -0.05) is 32.9 Å². The van der Waals surface area contributed by atoms with Crippen LogP contribution in [0.2, 0.25) is 0 Å². The second-order valence-electron chi connectivity index (χ2n) is 6.35. The number of hydrogen-bond acceptors (Lipinski definition) is 2. The second kappa shape index (κ2) is 5.33. The molecule has 19 heavy (non-hydrogen) atoms. The third kappa shape index (κ3) is 3.35. The summed E-state index contributed by atoms with van der Waals surface area (Å²) in [5.41, 5.74) is 7.74. The van der Waals surface area contributed by atoms with Crippen LogP contribution in [0.25, 0.3) is 0 Å². The Morgan fingerprint density at radius 1 is 1.26 bits per heavy atom. The average molecular weight is 260 g/mol. The van der Waals surface area contributed by atoms with Gasteiger partial charge in [0.15, 0.2) is 0 Å². The first-order chi connectivity index (χ1) is 8.93. The van der Waals surface area contributed by atoms with Gasteiger partial charge >= 0.3 is 0 Å². The van der Waals surface area contributed by atoms with Crippen LogP contribution >= 0.6 is 0 Å². The van der Waals surface area contributed by atoms with Gasteiger partial charge in [-0.05, 0) is 36.0 Å². The first kappa shape index (κ1) is 14.1. The molecule has 0 spiro atoms. The zero-order valence-corrected chi connectivity index (χ0v) is 12.1. The molecule has 1 aliphatic rings. The predicted molar refractivity (Wildman–Crippen MR) is 78.3 cm³/mol. The molecular weight excluding hydrogens is 236 g/mol. The zero-order chi connectivity index (χ0) is 14.0. The normalized spacial score (nSPS) is 15.4. The molecule has 104 valence electrons. The molecule has 0 heterocycles. The Morgan fingerprint density at radius 3 is 2.26 bits per heavy atom. The molecule has 0 aromatic heterocycles. The molecule has 3 heteroatoms. The van der Waals surface area contributed by atoms with E-state index in [9.17, 15) is 4.79 Å². The maximum absolute atomic E-state index is 12.4. The number of carbonyl (C=O) groups excluding carboxylic acids is 1.